The van der Waals surface area contributed by atoms with Gasteiger partial charge >= 0.3 is 0 Å². The summed E-state index contributed by atoms with van der Waals surface area (Å²) in [4.78, 5) is 12.1. The quantitative estimate of drug-likeness (QED) is 0.0817. The minimum absolute atomic E-state index is 0.0835. The van der Waals surface area contributed by atoms with Crippen LogP contribution in [0.2, 0.25) is 0 Å². The highest BCUT2D eigenvalue weighted by Crippen LogP contribution is 2.12. The van der Waals surface area contributed by atoms with Crippen molar-refractivity contribution in [3.63, 3.8) is 0 Å². The molecule has 0 saturated carbocycles. The molecule has 2 atom stereocenters. The summed E-state index contributed by atoms with van der Waals surface area (Å²) in [6, 6.07) is -0.618. The van der Waals surface area contributed by atoms with Crippen LogP contribution in [0.15, 0.2) is 36.5 Å². The average molecular weight is 506 g/mol. The molecule has 0 aromatic heterocycles. The smallest absolute Gasteiger partial charge is 0.220 e. The van der Waals surface area contributed by atoms with Gasteiger partial charge in [0.25, 0.3) is 0 Å². The number of nitrogens with one attached hydrogen (secondary N) is 1. The molecule has 0 aromatic rings. The molecule has 210 valence electrons. The molecule has 0 radical (unpaired) electrons. The van der Waals surface area contributed by atoms with Gasteiger partial charge in [-0.05, 0) is 44.9 Å². The Bertz CT molecular complexity index is 556. The van der Waals surface area contributed by atoms with Crippen LogP contribution in [0.1, 0.15) is 142 Å². The summed E-state index contributed by atoms with van der Waals surface area (Å²) in [7, 11) is 0. The topological polar surface area (TPSA) is 69.6 Å². The van der Waals surface area contributed by atoms with Gasteiger partial charge in [-0.25, -0.2) is 0 Å². The van der Waals surface area contributed by atoms with E-state index in [1.807, 2.05) is 6.08 Å². The van der Waals surface area contributed by atoms with E-state index >= 15 is 0 Å². The van der Waals surface area contributed by atoms with Gasteiger partial charge in [0, 0.05) is 6.42 Å². The molecule has 3 N–H and O–H groups in total. The second-order valence-corrected chi connectivity index (χ2v) is 10.2. The van der Waals surface area contributed by atoms with Crippen molar-refractivity contribution in [2.45, 2.75) is 154 Å². The van der Waals surface area contributed by atoms with Crippen molar-refractivity contribution in [3.8, 4) is 0 Å². The van der Waals surface area contributed by atoms with E-state index in [4.69, 9.17) is 0 Å². The molecule has 0 aliphatic heterocycles. The number of hydrogen-bond acceptors (Lipinski definition) is 3. The van der Waals surface area contributed by atoms with E-state index in [1.54, 1.807) is 6.08 Å². The Hall–Kier alpha value is -1.39. The monoisotopic (exact) mass is 505 g/mol. The Morgan fingerprint density at radius 3 is 1.72 bits per heavy atom. The highest BCUT2D eigenvalue weighted by atomic mass is 16.3. The third kappa shape index (κ3) is 24.3. The molecular weight excluding hydrogens is 446 g/mol. The second kappa shape index (κ2) is 28.2. The number of allylic oxidation sites excluding steroid dienone is 5. The number of unbranched alkanes of at least 4 members (excludes halogenated alkanes) is 15. The summed E-state index contributed by atoms with van der Waals surface area (Å²) in [5, 5.41) is 22.3. The first-order valence-corrected chi connectivity index (χ1v) is 15.2. The number of aliphatic hydroxyl groups excluding tert-OH is 2. The zero-order chi connectivity index (χ0) is 26.5. The SMILES string of the molecule is CCC/C=C/C(O)C(CO)NC(=O)CCCCCCCCCCC/C=C\C/C=C\CCCCCCC. The molecule has 4 heteroatoms. The third-order valence-corrected chi connectivity index (χ3v) is 6.60. The fraction of sp³-hybridized carbons (Fsp3) is 0.781. The van der Waals surface area contributed by atoms with Crippen LogP contribution in [0.5, 0.6) is 0 Å². The fourth-order valence-corrected chi connectivity index (χ4v) is 4.21. The summed E-state index contributed by atoms with van der Waals surface area (Å²) in [6.45, 7) is 4.08. The van der Waals surface area contributed by atoms with Crippen LogP contribution in [0.3, 0.4) is 0 Å². The number of aliphatic hydroxyl groups is 2. The van der Waals surface area contributed by atoms with Gasteiger partial charge in [0.1, 0.15) is 0 Å². The van der Waals surface area contributed by atoms with E-state index in [0.29, 0.717) is 6.42 Å². The first-order chi connectivity index (χ1) is 17.7. The second-order valence-electron chi connectivity index (χ2n) is 10.2. The van der Waals surface area contributed by atoms with Crippen molar-refractivity contribution in [1.29, 1.82) is 0 Å². The van der Waals surface area contributed by atoms with Crippen LogP contribution in [0.4, 0.5) is 0 Å². The van der Waals surface area contributed by atoms with Crippen molar-refractivity contribution in [2.75, 3.05) is 6.61 Å². The minimum atomic E-state index is -0.835. The molecule has 0 aliphatic rings. The third-order valence-electron chi connectivity index (χ3n) is 6.60. The Labute approximate surface area is 223 Å². The van der Waals surface area contributed by atoms with Crippen molar-refractivity contribution >= 4 is 5.91 Å². The Kier molecular flexibility index (Phi) is 27.1. The minimum Gasteiger partial charge on any atom is -0.394 e. The van der Waals surface area contributed by atoms with Gasteiger partial charge in [-0.2, -0.15) is 0 Å². The summed E-state index contributed by atoms with van der Waals surface area (Å²) >= 11 is 0. The molecule has 0 aromatic carbocycles. The molecule has 36 heavy (non-hydrogen) atoms. The lowest BCUT2D eigenvalue weighted by molar-refractivity contribution is -0.123. The van der Waals surface area contributed by atoms with Gasteiger partial charge in [-0.3, -0.25) is 4.79 Å². The molecule has 0 aliphatic carbocycles. The van der Waals surface area contributed by atoms with E-state index in [1.165, 1.54) is 89.9 Å². The molecule has 0 rings (SSSR count). The fourth-order valence-electron chi connectivity index (χ4n) is 4.21. The lowest BCUT2D eigenvalue weighted by Gasteiger charge is -2.19. The van der Waals surface area contributed by atoms with Crippen molar-refractivity contribution in [1.82, 2.24) is 5.32 Å². The molecule has 1 amide bonds. The summed E-state index contributed by atoms with van der Waals surface area (Å²) in [6.07, 6.45) is 35.6. The molecule has 0 bridgehead atoms. The summed E-state index contributed by atoms with van der Waals surface area (Å²) < 4.78 is 0. The Morgan fingerprint density at radius 1 is 0.667 bits per heavy atom. The van der Waals surface area contributed by atoms with E-state index in [-0.39, 0.29) is 12.5 Å². The van der Waals surface area contributed by atoms with Gasteiger partial charge < -0.3 is 15.5 Å². The molecule has 0 heterocycles. The largest absolute Gasteiger partial charge is 0.394 e. The highest BCUT2D eigenvalue weighted by molar-refractivity contribution is 5.76. The Balaban J connectivity index is 3.49. The van der Waals surface area contributed by atoms with Crippen LogP contribution in [0.25, 0.3) is 0 Å². The van der Waals surface area contributed by atoms with Gasteiger partial charge in [0.15, 0.2) is 0 Å². The normalized spacial score (nSPS) is 13.8. The maximum atomic E-state index is 12.1. The molecule has 2 unspecified atom stereocenters. The van der Waals surface area contributed by atoms with Crippen LogP contribution in [0, 0.1) is 0 Å². The standard InChI is InChI=1S/C32H59NO3/c1-3-5-7-8-9-10-11-12-13-14-15-16-17-18-19-20-21-22-23-24-26-28-32(36)33-30(29-34)31(35)27-25-6-4-2/h11-12,14-15,25,27,30-31,34-35H,3-10,13,16-24,26,28-29H2,1-2H3,(H,33,36)/b12-11-,15-14-,27-25+. The van der Waals surface area contributed by atoms with Gasteiger partial charge in [0.05, 0.1) is 18.8 Å². The first kappa shape index (κ1) is 34.6. The maximum Gasteiger partial charge on any atom is 0.220 e. The highest BCUT2D eigenvalue weighted by Gasteiger charge is 2.17. The lowest BCUT2D eigenvalue weighted by atomic mass is 10.1. The predicted octanol–water partition coefficient (Wildman–Crippen LogP) is 8.33. The van der Waals surface area contributed by atoms with E-state index in [9.17, 15) is 15.0 Å². The molecule has 0 fully saturated rings. The van der Waals surface area contributed by atoms with Crippen molar-refractivity contribution in [2.24, 2.45) is 0 Å². The first-order valence-electron chi connectivity index (χ1n) is 15.2. The molecular formula is C32H59NO3. The lowest BCUT2D eigenvalue weighted by Crippen LogP contribution is -2.45. The number of amides is 1. The average Bonchev–Trinajstić information content (AvgIpc) is 2.88. The molecule has 4 nitrogen and oxygen atoms in total. The zero-order valence-electron chi connectivity index (χ0n) is 23.8. The van der Waals surface area contributed by atoms with Crippen LogP contribution < -0.4 is 5.32 Å². The number of carbonyl (C=O) groups excluding carboxylic acids is 1. The van der Waals surface area contributed by atoms with Crippen LogP contribution in [-0.4, -0.2) is 34.9 Å². The van der Waals surface area contributed by atoms with Crippen molar-refractivity contribution in [3.05, 3.63) is 36.5 Å². The predicted molar refractivity (Wildman–Crippen MR) is 156 cm³/mol. The van der Waals surface area contributed by atoms with Crippen LogP contribution in [-0.2, 0) is 4.79 Å². The number of carbonyl (C=O) groups is 1. The van der Waals surface area contributed by atoms with E-state index in [2.05, 4.69) is 43.5 Å². The van der Waals surface area contributed by atoms with E-state index < -0.39 is 12.1 Å². The van der Waals surface area contributed by atoms with Crippen molar-refractivity contribution < 1.29 is 15.0 Å². The molecule has 0 saturated heterocycles. The number of hydrogen-bond donors (Lipinski definition) is 3. The van der Waals surface area contributed by atoms with Gasteiger partial charge in [-0.1, -0.05) is 127 Å². The summed E-state index contributed by atoms with van der Waals surface area (Å²) in [5.41, 5.74) is 0. The zero-order valence-corrected chi connectivity index (χ0v) is 23.8. The van der Waals surface area contributed by atoms with Crippen LogP contribution >= 0.6 is 0 Å². The number of rotatable bonds is 26. The van der Waals surface area contributed by atoms with E-state index in [0.717, 1.165) is 32.1 Å². The molecule has 0 spiro atoms. The van der Waals surface area contributed by atoms with Gasteiger partial charge in [0.2, 0.25) is 5.91 Å². The van der Waals surface area contributed by atoms with Gasteiger partial charge in [-0.15, -0.1) is 0 Å². The Morgan fingerprint density at radius 2 is 1.19 bits per heavy atom. The maximum absolute atomic E-state index is 12.1. The summed E-state index contributed by atoms with van der Waals surface area (Å²) in [5.74, 6) is -0.0835.